The van der Waals surface area contributed by atoms with E-state index in [1.54, 1.807) is 0 Å². The standard InChI is InChI=1S/C13H17N3O/c1-8(2)14-13-15-11(12(17)16-13)10-6-4-9(3)5-7-10/h4-8,11H,1-3H3,(H2,14,15,16,17). The molecule has 2 rings (SSSR count). The zero-order valence-electron chi connectivity index (χ0n) is 10.3. The molecule has 2 N–H and O–H groups in total. The quantitative estimate of drug-likeness (QED) is 0.810. The number of guanidine groups is 1. The van der Waals surface area contributed by atoms with Gasteiger partial charge in [-0.15, -0.1) is 0 Å². The van der Waals surface area contributed by atoms with Crippen LogP contribution in [0.2, 0.25) is 0 Å². The van der Waals surface area contributed by atoms with E-state index < -0.39 is 6.04 Å². The maximum Gasteiger partial charge on any atom is 0.256 e. The van der Waals surface area contributed by atoms with Crippen molar-refractivity contribution in [2.75, 3.05) is 0 Å². The van der Waals surface area contributed by atoms with Gasteiger partial charge in [0.05, 0.1) is 0 Å². The van der Waals surface area contributed by atoms with E-state index in [2.05, 4.69) is 15.6 Å². The van der Waals surface area contributed by atoms with Gasteiger partial charge in [-0.05, 0) is 26.3 Å². The summed E-state index contributed by atoms with van der Waals surface area (Å²) in [5.41, 5.74) is 2.10. The molecule has 17 heavy (non-hydrogen) atoms. The summed E-state index contributed by atoms with van der Waals surface area (Å²) in [5.74, 6) is 0.493. The molecule has 0 radical (unpaired) electrons. The number of nitrogens with zero attached hydrogens (tertiary/aromatic N) is 1. The predicted octanol–water partition coefficient (Wildman–Crippen LogP) is 1.52. The van der Waals surface area contributed by atoms with E-state index in [1.807, 2.05) is 45.0 Å². The van der Waals surface area contributed by atoms with Gasteiger partial charge in [0.25, 0.3) is 5.91 Å². The Hall–Kier alpha value is -1.84. The lowest BCUT2D eigenvalue weighted by Gasteiger charge is -2.07. The van der Waals surface area contributed by atoms with Crippen molar-refractivity contribution in [1.82, 2.24) is 10.6 Å². The number of aliphatic imine (C=N–C) groups is 1. The van der Waals surface area contributed by atoms with E-state index in [4.69, 9.17) is 0 Å². The number of hydrogen-bond acceptors (Lipinski definition) is 3. The topological polar surface area (TPSA) is 53.5 Å². The van der Waals surface area contributed by atoms with E-state index in [0.717, 1.165) is 5.56 Å². The minimum atomic E-state index is -0.420. The highest BCUT2D eigenvalue weighted by atomic mass is 16.2. The summed E-state index contributed by atoms with van der Waals surface area (Å²) in [6.07, 6.45) is 0. The molecule has 1 heterocycles. The normalized spacial score (nSPS) is 19.2. The van der Waals surface area contributed by atoms with Crippen LogP contribution in [0.25, 0.3) is 0 Å². The summed E-state index contributed by atoms with van der Waals surface area (Å²) in [5, 5.41) is 5.85. The predicted molar refractivity (Wildman–Crippen MR) is 67.8 cm³/mol. The van der Waals surface area contributed by atoms with E-state index >= 15 is 0 Å². The van der Waals surface area contributed by atoms with E-state index in [0.29, 0.717) is 5.96 Å². The van der Waals surface area contributed by atoms with Gasteiger partial charge in [0.1, 0.15) is 0 Å². The van der Waals surface area contributed by atoms with E-state index in [9.17, 15) is 4.79 Å². The molecular formula is C13H17N3O. The number of carbonyl (C=O) groups excluding carboxylic acids is 1. The Morgan fingerprint density at radius 1 is 1.29 bits per heavy atom. The summed E-state index contributed by atoms with van der Waals surface area (Å²) >= 11 is 0. The lowest BCUT2D eigenvalue weighted by atomic mass is 10.1. The van der Waals surface area contributed by atoms with Crippen LogP contribution in [0.5, 0.6) is 0 Å². The number of carbonyl (C=O) groups is 1. The molecule has 4 heteroatoms. The van der Waals surface area contributed by atoms with Crippen LogP contribution in [0.4, 0.5) is 0 Å². The van der Waals surface area contributed by atoms with Gasteiger partial charge in [0.15, 0.2) is 12.0 Å². The molecule has 1 unspecified atom stereocenters. The molecule has 1 aromatic rings. The molecule has 1 atom stereocenters. The van der Waals surface area contributed by atoms with Crippen molar-refractivity contribution >= 4 is 11.9 Å². The van der Waals surface area contributed by atoms with Crippen molar-refractivity contribution < 1.29 is 4.79 Å². The van der Waals surface area contributed by atoms with Crippen LogP contribution in [-0.4, -0.2) is 17.9 Å². The Morgan fingerprint density at radius 2 is 1.94 bits per heavy atom. The third-order valence-electron chi connectivity index (χ3n) is 2.57. The Morgan fingerprint density at radius 3 is 2.53 bits per heavy atom. The van der Waals surface area contributed by atoms with Crippen LogP contribution >= 0.6 is 0 Å². The van der Waals surface area contributed by atoms with Crippen molar-refractivity contribution in [2.45, 2.75) is 32.9 Å². The molecule has 0 saturated heterocycles. The molecular weight excluding hydrogens is 214 g/mol. The van der Waals surface area contributed by atoms with Crippen LogP contribution in [0.1, 0.15) is 31.0 Å². The molecule has 1 aromatic carbocycles. The lowest BCUT2D eigenvalue weighted by molar-refractivity contribution is -0.120. The molecule has 0 fully saturated rings. The number of amides is 1. The van der Waals surface area contributed by atoms with Gasteiger partial charge >= 0.3 is 0 Å². The van der Waals surface area contributed by atoms with Gasteiger partial charge in [-0.3, -0.25) is 10.1 Å². The van der Waals surface area contributed by atoms with Crippen LogP contribution in [0, 0.1) is 6.92 Å². The second-order valence-electron chi connectivity index (χ2n) is 4.58. The molecule has 0 aromatic heterocycles. The van der Waals surface area contributed by atoms with Crippen LogP contribution in [-0.2, 0) is 4.79 Å². The minimum Gasteiger partial charge on any atom is -0.354 e. The van der Waals surface area contributed by atoms with Gasteiger partial charge in [-0.25, -0.2) is 4.99 Å². The van der Waals surface area contributed by atoms with Crippen molar-refractivity contribution in [3.63, 3.8) is 0 Å². The maximum absolute atomic E-state index is 11.8. The van der Waals surface area contributed by atoms with Gasteiger partial charge in [0, 0.05) is 6.04 Å². The lowest BCUT2D eigenvalue weighted by Crippen LogP contribution is -2.40. The molecule has 0 saturated carbocycles. The summed E-state index contributed by atoms with van der Waals surface area (Å²) in [7, 11) is 0. The number of hydrogen-bond donors (Lipinski definition) is 2. The van der Waals surface area contributed by atoms with E-state index in [1.165, 1.54) is 5.56 Å². The first-order chi connectivity index (χ1) is 8.06. The fourth-order valence-electron chi connectivity index (χ4n) is 1.73. The third-order valence-corrected chi connectivity index (χ3v) is 2.57. The fourth-order valence-corrected chi connectivity index (χ4v) is 1.73. The summed E-state index contributed by atoms with van der Waals surface area (Å²) < 4.78 is 0. The highest BCUT2D eigenvalue weighted by Gasteiger charge is 2.27. The molecule has 90 valence electrons. The average Bonchev–Trinajstić information content (AvgIpc) is 2.59. The molecule has 4 nitrogen and oxygen atoms in total. The number of rotatable bonds is 2. The number of aryl methyl sites for hydroxylation is 1. The Kier molecular flexibility index (Phi) is 3.13. The largest absolute Gasteiger partial charge is 0.354 e. The van der Waals surface area contributed by atoms with E-state index in [-0.39, 0.29) is 11.9 Å². The monoisotopic (exact) mass is 231 g/mol. The average molecular weight is 231 g/mol. The second kappa shape index (κ2) is 4.57. The molecule has 0 bridgehead atoms. The van der Waals surface area contributed by atoms with Crippen molar-refractivity contribution in [2.24, 2.45) is 4.99 Å². The SMILES string of the molecule is Cc1ccc(C2N=C(NC(C)C)NC2=O)cc1. The zero-order valence-corrected chi connectivity index (χ0v) is 10.3. The van der Waals surface area contributed by atoms with Gasteiger partial charge in [0.2, 0.25) is 0 Å². The van der Waals surface area contributed by atoms with Gasteiger partial charge in [-0.1, -0.05) is 29.8 Å². The third kappa shape index (κ3) is 2.64. The fraction of sp³-hybridized carbons (Fsp3) is 0.385. The van der Waals surface area contributed by atoms with Crippen molar-refractivity contribution in [3.05, 3.63) is 35.4 Å². The molecule has 0 aliphatic carbocycles. The summed E-state index contributed by atoms with van der Waals surface area (Å²) in [4.78, 5) is 16.1. The number of nitrogens with one attached hydrogen (secondary N) is 2. The van der Waals surface area contributed by atoms with Gasteiger partial charge < -0.3 is 5.32 Å². The molecule has 1 amide bonds. The van der Waals surface area contributed by atoms with Gasteiger partial charge in [-0.2, -0.15) is 0 Å². The highest BCUT2D eigenvalue weighted by Crippen LogP contribution is 2.21. The first kappa shape index (κ1) is 11.6. The Balaban J connectivity index is 2.18. The highest BCUT2D eigenvalue weighted by molar-refractivity contribution is 6.05. The second-order valence-corrected chi connectivity index (χ2v) is 4.58. The van der Waals surface area contributed by atoms with Crippen molar-refractivity contribution in [1.29, 1.82) is 0 Å². The first-order valence-electron chi connectivity index (χ1n) is 5.78. The molecule has 1 aliphatic heterocycles. The molecule has 1 aliphatic rings. The van der Waals surface area contributed by atoms with Crippen LogP contribution in [0.15, 0.2) is 29.3 Å². The first-order valence-corrected chi connectivity index (χ1v) is 5.78. The van der Waals surface area contributed by atoms with Crippen LogP contribution < -0.4 is 10.6 Å². The van der Waals surface area contributed by atoms with Crippen LogP contribution in [0.3, 0.4) is 0 Å². The smallest absolute Gasteiger partial charge is 0.256 e. The Bertz CT molecular complexity index is 448. The maximum atomic E-state index is 11.8. The summed E-state index contributed by atoms with van der Waals surface area (Å²) in [6, 6.07) is 7.71. The Labute approximate surface area is 101 Å². The zero-order chi connectivity index (χ0) is 12.4. The number of benzene rings is 1. The molecule has 0 spiro atoms. The van der Waals surface area contributed by atoms with Crippen molar-refractivity contribution in [3.8, 4) is 0 Å². The summed E-state index contributed by atoms with van der Waals surface area (Å²) in [6.45, 7) is 6.04. The minimum absolute atomic E-state index is 0.0722.